The molecule has 0 N–H and O–H groups in total. The van der Waals surface area contributed by atoms with Crippen LogP contribution in [0.25, 0.3) is 10.8 Å². The molecule has 3 nitrogen and oxygen atoms in total. The summed E-state index contributed by atoms with van der Waals surface area (Å²) < 4.78 is 2.15. The molecule has 2 heterocycles. The van der Waals surface area contributed by atoms with Crippen molar-refractivity contribution in [2.45, 2.75) is 13.5 Å². The maximum Gasteiger partial charge on any atom is 0.0786 e. The highest BCUT2D eigenvalue weighted by atomic mass is 15.0. The van der Waals surface area contributed by atoms with Crippen molar-refractivity contribution in [2.75, 3.05) is 0 Å². The molecule has 0 radical (unpaired) electrons. The van der Waals surface area contributed by atoms with Gasteiger partial charge >= 0.3 is 0 Å². The standard InChI is InChI=1S/C14H13N3/c1-11-6-15-7-14(16-11)10-17-8-12-4-2-3-5-13(12)9-17/h2-9H,10H2,1H3. The Kier molecular flexibility index (Phi) is 2.37. The molecule has 3 aromatic rings. The Morgan fingerprint density at radius 3 is 2.41 bits per heavy atom. The number of aromatic nitrogens is 3. The van der Waals surface area contributed by atoms with Crippen molar-refractivity contribution in [1.82, 2.24) is 14.5 Å². The zero-order valence-electron chi connectivity index (χ0n) is 9.67. The highest BCUT2D eigenvalue weighted by molar-refractivity contribution is 5.82. The van der Waals surface area contributed by atoms with Gasteiger partial charge in [0, 0.05) is 18.6 Å². The summed E-state index contributed by atoms with van der Waals surface area (Å²) in [5.41, 5.74) is 1.95. The largest absolute Gasteiger partial charge is 0.347 e. The molecule has 0 bridgehead atoms. The van der Waals surface area contributed by atoms with Crippen LogP contribution < -0.4 is 0 Å². The summed E-state index contributed by atoms with van der Waals surface area (Å²) >= 11 is 0. The van der Waals surface area contributed by atoms with E-state index in [0.717, 1.165) is 17.9 Å². The molecule has 0 saturated heterocycles. The Hall–Kier alpha value is -2.16. The Labute approximate surface area is 99.8 Å². The molecule has 0 saturated carbocycles. The van der Waals surface area contributed by atoms with Crippen LogP contribution in [0.4, 0.5) is 0 Å². The fourth-order valence-electron chi connectivity index (χ4n) is 2.01. The van der Waals surface area contributed by atoms with E-state index in [0.29, 0.717) is 0 Å². The molecule has 0 aliphatic carbocycles. The predicted octanol–water partition coefficient (Wildman–Crippen LogP) is 2.79. The van der Waals surface area contributed by atoms with Gasteiger partial charge in [-0.15, -0.1) is 0 Å². The molecule has 0 unspecified atom stereocenters. The molecular weight excluding hydrogens is 210 g/mol. The van der Waals surface area contributed by atoms with Crippen LogP contribution >= 0.6 is 0 Å². The fourth-order valence-corrected chi connectivity index (χ4v) is 2.01. The average Bonchev–Trinajstić information content (AvgIpc) is 2.71. The van der Waals surface area contributed by atoms with Gasteiger partial charge in [-0.1, -0.05) is 24.3 Å². The molecule has 1 aromatic carbocycles. The molecule has 3 rings (SSSR count). The van der Waals surface area contributed by atoms with E-state index >= 15 is 0 Å². The van der Waals surface area contributed by atoms with Crippen molar-refractivity contribution >= 4 is 10.8 Å². The van der Waals surface area contributed by atoms with Gasteiger partial charge < -0.3 is 4.57 Å². The van der Waals surface area contributed by atoms with Crippen molar-refractivity contribution in [3.63, 3.8) is 0 Å². The maximum atomic E-state index is 4.46. The number of nitrogens with zero attached hydrogens (tertiary/aromatic N) is 3. The third kappa shape index (κ3) is 2.04. The van der Waals surface area contributed by atoms with Gasteiger partial charge in [0.1, 0.15) is 0 Å². The SMILES string of the molecule is Cc1cncc(Cn2cc3ccccc3c2)n1. The van der Waals surface area contributed by atoms with Gasteiger partial charge in [-0.3, -0.25) is 9.97 Å². The van der Waals surface area contributed by atoms with Gasteiger partial charge in [-0.05, 0) is 17.7 Å². The first-order valence-electron chi connectivity index (χ1n) is 5.63. The molecule has 0 amide bonds. The van der Waals surface area contributed by atoms with Crippen LogP contribution in [0.5, 0.6) is 0 Å². The van der Waals surface area contributed by atoms with Crippen molar-refractivity contribution in [3.8, 4) is 0 Å². The molecule has 2 aromatic heterocycles. The molecule has 84 valence electrons. The van der Waals surface area contributed by atoms with Gasteiger partial charge in [0.2, 0.25) is 0 Å². The quantitative estimate of drug-likeness (QED) is 0.668. The van der Waals surface area contributed by atoms with Crippen LogP contribution in [-0.2, 0) is 6.54 Å². The van der Waals surface area contributed by atoms with Gasteiger partial charge in [0.25, 0.3) is 0 Å². The second-order valence-electron chi connectivity index (χ2n) is 4.21. The first-order valence-corrected chi connectivity index (χ1v) is 5.63. The third-order valence-electron chi connectivity index (χ3n) is 2.76. The van der Waals surface area contributed by atoms with Gasteiger partial charge in [-0.2, -0.15) is 0 Å². The zero-order valence-corrected chi connectivity index (χ0v) is 9.67. The Balaban J connectivity index is 1.94. The number of fused-ring (bicyclic) bond motifs is 1. The second-order valence-corrected chi connectivity index (χ2v) is 4.21. The number of rotatable bonds is 2. The van der Waals surface area contributed by atoms with E-state index in [9.17, 15) is 0 Å². The molecule has 17 heavy (non-hydrogen) atoms. The molecular formula is C14H13N3. The first-order chi connectivity index (χ1) is 8.31. The minimum absolute atomic E-state index is 0.767. The molecule has 0 atom stereocenters. The minimum Gasteiger partial charge on any atom is -0.347 e. The van der Waals surface area contributed by atoms with Crippen molar-refractivity contribution < 1.29 is 0 Å². The van der Waals surface area contributed by atoms with E-state index in [1.54, 1.807) is 6.20 Å². The van der Waals surface area contributed by atoms with Crippen molar-refractivity contribution in [2.24, 2.45) is 0 Å². The molecule has 0 fully saturated rings. The van der Waals surface area contributed by atoms with Gasteiger partial charge in [0.15, 0.2) is 0 Å². The summed E-state index contributed by atoms with van der Waals surface area (Å²) in [6.07, 6.45) is 7.87. The van der Waals surface area contributed by atoms with Crippen LogP contribution in [0.15, 0.2) is 49.1 Å². The third-order valence-corrected chi connectivity index (χ3v) is 2.76. The second kappa shape index (κ2) is 4.01. The molecule has 0 aliphatic rings. The number of aryl methyl sites for hydroxylation is 1. The monoisotopic (exact) mass is 223 g/mol. The summed E-state index contributed by atoms with van der Waals surface area (Å²) in [6.45, 7) is 2.73. The molecule has 0 spiro atoms. The topological polar surface area (TPSA) is 30.7 Å². The highest BCUT2D eigenvalue weighted by Gasteiger charge is 2.00. The Morgan fingerprint density at radius 1 is 1.06 bits per heavy atom. The lowest BCUT2D eigenvalue weighted by atomic mass is 10.2. The van der Waals surface area contributed by atoms with Crippen molar-refractivity contribution in [3.05, 3.63) is 60.4 Å². The normalized spacial score (nSPS) is 10.9. The number of hydrogen-bond acceptors (Lipinski definition) is 2. The summed E-state index contributed by atoms with van der Waals surface area (Å²) in [4.78, 5) is 8.61. The maximum absolute atomic E-state index is 4.46. The average molecular weight is 223 g/mol. The molecule has 0 aliphatic heterocycles. The summed E-state index contributed by atoms with van der Waals surface area (Å²) in [5.74, 6) is 0. The minimum atomic E-state index is 0.767. The first kappa shape index (κ1) is 10.0. The Bertz CT molecular complexity index is 622. The van der Waals surface area contributed by atoms with E-state index in [2.05, 4.69) is 51.2 Å². The lowest BCUT2D eigenvalue weighted by Gasteiger charge is -2.02. The lowest BCUT2D eigenvalue weighted by Crippen LogP contribution is -2.00. The predicted molar refractivity (Wildman–Crippen MR) is 67.8 cm³/mol. The number of hydrogen-bond donors (Lipinski definition) is 0. The van der Waals surface area contributed by atoms with E-state index < -0.39 is 0 Å². The summed E-state index contributed by atoms with van der Waals surface area (Å²) in [5, 5.41) is 2.52. The van der Waals surface area contributed by atoms with Crippen LogP contribution in [-0.4, -0.2) is 14.5 Å². The van der Waals surface area contributed by atoms with E-state index in [-0.39, 0.29) is 0 Å². The van der Waals surface area contributed by atoms with E-state index in [1.807, 2.05) is 13.1 Å². The molecule has 3 heteroatoms. The Morgan fingerprint density at radius 2 is 1.76 bits per heavy atom. The summed E-state index contributed by atoms with van der Waals surface area (Å²) in [7, 11) is 0. The van der Waals surface area contributed by atoms with Crippen molar-refractivity contribution in [1.29, 1.82) is 0 Å². The van der Waals surface area contributed by atoms with Gasteiger partial charge in [0.05, 0.1) is 24.1 Å². The van der Waals surface area contributed by atoms with Crippen LogP contribution in [0.2, 0.25) is 0 Å². The lowest BCUT2D eigenvalue weighted by molar-refractivity contribution is 0.772. The zero-order chi connectivity index (χ0) is 11.7. The van der Waals surface area contributed by atoms with Crippen LogP contribution in [0.3, 0.4) is 0 Å². The number of benzene rings is 1. The van der Waals surface area contributed by atoms with Crippen LogP contribution in [0.1, 0.15) is 11.4 Å². The van der Waals surface area contributed by atoms with E-state index in [4.69, 9.17) is 0 Å². The van der Waals surface area contributed by atoms with Gasteiger partial charge in [-0.25, -0.2) is 0 Å². The fraction of sp³-hybridized carbons (Fsp3) is 0.143. The highest BCUT2D eigenvalue weighted by Crippen LogP contribution is 2.15. The summed E-state index contributed by atoms with van der Waals surface area (Å²) in [6, 6.07) is 8.35. The van der Waals surface area contributed by atoms with Crippen LogP contribution in [0, 0.1) is 6.92 Å². The van der Waals surface area contributed by atoms with E-state index in [1.165, 1.54) is 10.8 Å². The smallest absolute Gasteiger partial charge is 0.0786 e.